The molecule has 160 valence electrons. The molecule has 0 aliphatic carbocycles. The fourth-order valence-electron chi connectivity index (χ4n) is 3.09. The van der Waals surface area contributed by atoms with E-state index in [4.69, 9.17) is 0 Å². The summed E-state index contributed by atoms with van der Waals surface area (Å²) in [6, 6.07) is 10.5. The second-order valence-corrected chi connectivity index (χ2v) is 11.5. The van der Waals surface area contributed by atoms with Crippen molar-refractivity contribution in [3.8, 4) is 0 Å². The lowest BCUT2D eigenvalue weighted by Crippen LogP contribution is -2.44. The van der Waals surface area contributed by atoms with Crippen molar-refractivity contribution >= 4 is 51.5 Å². The normalized spacial score (nSPS) is 18.1. The first kappa shape index (κ1) is 25.6. The van der Waals surface area contributed by atoms with Gasteiger partial charge in [0.1, 0.15) is 9.84 Å². The predicted molar refractivity (Wildman–Crippen MR) is 132 cm³/mol. The van der Waals surface area contributed by atoms with E-state index in [0.29, 0.717) is 12.3 Å². The third-order valence-corrected chi connectivity index (χ3v) is 7.09. The Morgan fingerprint density at radius 3 is 2.61 bits per heavy atom. The van der Waals surface area contributed by atoms with Crippen molar-refractivity contribution in [1.82, 2.24) is 10.2 Å². The van der Waals surface area contributed by atoms with Crippen LogP contribution in [0.3, 0.4) is 0 Å². The largest absolute Gasteiger partial charge is 0.356 e. The lowest BCUT2D eigenvalue weighted by atomic mass is 9.90. The number of hydrogen-bond acceptors (Lipinski definition) is 4. The first-order valence-electron chi connectivity index (χ1n) is 9.50. The van der Waals surface area contributed by atoms with Crippen LogP contribution in [-0.4, -0.2) is 63.7 Å². The molecule has 0 radical (unpaired) electrons. The fourth-order valence-corrected chi connectivity index (χ4v) is 5.07. The number of halogens is 1. The van der Waals surface area contributed by atoms with Gasteiger partial charge in [0, 0.05) is 43.6 Å². The minimum Gasteiger partial charge on any atom is -0.356 e. The van der Waals surface area contributed by atoms with Crippen molar-refractivity contribution < 1.29 is 8.42 Å². The topological polar surface area (TPSA) is 61.8 Å². The van der Waals surface area contributed by atoms with Crippen LogP contribution in [0, 0.1) is 11.3 Å². The molecule has 1 aromatic rings. The second-order valence-electron chi connectivity index (χ2n) is 8.17. The summed E-state index contributed by atoms with van der Waals surface area (Å²) in [5.41, 5.74) is -0.0959. The third kappa shape index (κ3) is 9.35. The molecule has 1 saturated heterocycles. The maximum atomic E-state index is 11.4. The van der Waals surface area contributed by atoms with Gasteiger partial charge in [-0.2, -0.15) is 0 Å². The molecule has 0 aromatic heterocycles. The molecule has 1 N–H and O–H groups in total. The Morgan fingerprint density at radius 2 is 2.00 bits per heavy atom. The number of aliphatic imine (C=N–C) groups is 1. The summed E-state index contributed by atoms with van der Waals surface area (Å²) in [7, 11) is -1.11. The zero-order chi connectivity index (χ0) is 19.9. The van der Waals surface area contributed by atoms with E-state index >= 15 is 0 Å². The summed E-state index contributed by atoms with van der Waals surface area (Å²) in [6.45, 7) is 6.95. The van der Waals surface area contributed by atoms with Crippen molar-refractivity contribution in [2.75, 3.05) is 44.4 Å². The summed E-state index contributed by atoms with van der Waals surface area (Å²) in [5, 5.41) is 3.46. The molecule has 0 spiro atoms. The Labute approximate surface area is 192 Å². The number of rotatable bonds is 8. The van der Waals surface area contributed by atoms with E-state index < -0.39 is 9.84 Å². The predicted octanol–water partition coefficient (Wildman–Crippen LogP) is 3.75. The van der Waals surface area contributed by atoms with E-state index in [-0.39, 0.29) is 35.1 Å². The van der Waals surface area contributed by atoms with Gasteiger partial charge in [-0.1, -0.05) is 32.0 Å². The number of nitrogens with zero attached hydrogens (tertiary/aromatic N) is 2. The average molecular weight is 540 g/mol. The number of nitrogens with one attached hydrogen (secondary N) is 1. The SMILES string of the molecule is CN=C(NCC(C)(C)CCS(C)(=O)=O)N1CCC(CSc2ccccc2)C1.I. The highest BCUT2D eigenvalue weighted by molar-refractivity contribution is 14.0. The van der Waals surface area contributed by atoms with E-state index in [9.17, 15) is 8.42 Å². The number of likely N-dealkylation sites (tertiary alicyclic amines) is 1. The van der Waals surface area contributed by atoms with Crippen molar-refractivity contribution in [2.24, 2.45) is 16.3 Å². The van der Waals surface area contributed by atoms with Gasteiger partial charge in [0.2, 0.25) is 0 Å². The van der Waals surface area contributed by atoms with Gasteiger partial charge < -0.3 is 10.2 Å². The van der Waals surface area contributed by atoms with Crippen LogP contribution in [0.5, 0.6) is 0 Å². The molecule has 1 aliphatic heterocycles. The zero-order valence-electron chi connectivity index (χ0n) is 17.3. The maximum absolute atomic E-state index is 11.4. The summed E-state index contributed by atoms with van der Waals surface area (Å²) in [5.74, 6) is 2.93. The van der Waals surface area contributed by atoms with Crippen LogP contribution in [0.2, 0.25) is 0 Å². The Morgan fingerprint density at radius 1 is 1.32 bits per heavy atom. The minimum absolute atomic E-state index is 0. The van der Waals surface area contributed by atoms with Crippen molar-refractivity contribution in [2.45, 2.75) is 31.6 Å². The lowest BCUT2D eigenvalue weighted by Gasteiger charge is -2.28. The Balaban J connectivity index is 0.00000392. The van der Waals surface area contributed by atoms with E-state index in [1.165, 1.54) is 17.6 Å². The van der Waals surface area contributed by atoms with Crippen molar-refractivity contribution in [3.05, 3.63) is 30.3 Å². The second kappa shape index (κ2) is 11.6. The fraction of sp³-hybridized carbons (Fsp3) is 0.650. The molecule has 1 unspecified atom stereocenters. The molecule has 2 rings (SSSR count). The number of benzene rings is 1. The Kier molecular flexibility index (Phi) is 10.6. The van der Waals surface area contributed by atoms with Crippen LogP contribution < -0.4 is 5.32 Å². The highest BCUT2D eigenvalue weighted by Gasteiger charge is 2.26. The van der Waals surface area contributed by atoms with E-state index in [0.717, 1.165) is 31.3 Å². The van der Waals surface area contributed by atoms with Crippen LogP contribution in [0.1, 0.15) is 26.7 Å². The van der Waals surface area contributed by atoms with Crippen LogP contribution in [-0.2, 0) is 9.84 Å². The van der Waals surface area contributed by atoms with Gasteiger partial charge in [-0.05, 0) is 36.3 Å². The minimum atomic E-state index is -2.92. The van der Waals surface area contributed by atoms with E-state index in [2.05, 4.69) is 59.4 Å². The first-order valence-corrected chi connectivity index (χ1v) is 12.5. The quantitative estimate of drug-likeness (QED) is 0.236. The molecular formula is C20H34IN3O2S2. The number of sulfone groups is 1. The Hall–Kier alpha value is -0.480. The van der Waals surface area contributed by atoms with Crippen molar-refractivity contribution in [1.29, 1.82) is 0 Å². The molecule has 1 fully saturated rings. The van der Waals surface area contributed by atoms with Gasteiger partial charge >= 0.3 is 0 Å². The zero-order valence-corrected chi connectivity index (χ0v) is 21.3. The molecule has 1 aliphatic rings. The first-order chi connectivity index (χ1) is 12.7. The monoisotopic (exact) mass is 539 g/mol. The summed E-state index contributed by atoms with van der Waals surface area (Å²) in [4.78, 5) is 8.09. The summed E-state index contributed by atoms with van der Waals surface area (Å²) < 4.78 is 22.9. The summed E-state index contributed by atoms with van der Waals surface area (Å²) >= 11 is 1.92. The third-order valence-electron chi connectivity index (χ3n) is 4.90. The smallest absolute Gasteiger partial charge is 0.193 e. The molecule has 8 heteroatoms. The van der Waals surface area contributed by atoms with Crippen LogP contribution in [0.25, 0.3) is 0 Å². The molecule has 0 saturated carbocycles. The molecule has 28 heavy (non-hydrogen) atoms. The molecule has 1 atom stereocenters. The van der Waals surface area contributed by atoms with Crippen LogP contribution >= 0.6 is 35.7 Å². The van der Waals surface area contributed by atoms with Crippen LogP contribution in [0.4, 0.5) is 0 Å². The van der Waals surface area contributed by atoms with E-state index in [1.807, 2.05) is 18.8 Å². The van der Waals surface area contributed by atoms with Crippen LogP contribution in [0.15, 0.2) is 40.2 Å². The van der Waals surface area contributed by atoms with Gasteiger partial charge in [0.25, 0.3) is 0 Å². The lowest BCUT2D eigenvalue weighted by molar-refractivity contribution is 0.340. The average Bonchev–Trinajstić information content (AvgIpc) is 3.08. The van der Waals surface area contributed by atoms with Gasteiger partial charge in [0.05, 0.1) is 5.75 Å². The van der Waals surface area contributed by atoms with Gasteiger partial charge in [-0.15, -0.1) is 35.7 Å². The van der Waals surface area contributed by atoms with Gasteiger partial charge in [-0.25, -0.2) is 8.42 Å². The van der Waals surface area contributed by atoms with Gasteiger partial charge in [-0.3, -0.25) is 4.99 Å². The number of thioether (sulfide) groups is 1. The molecule has 5 nitrogen and oxygen atoms in total. The summed E-state index contributed by atoms with van der Waals surface area (Å²) in [6.07, 6.45) is 3.12. The van der Waals surface area contributed by atoms with E-state index in [1.54, 1.807) is 0 Å². The van der Waals surface area contributed by atoms with Crippen molar-refractivity contribution in [3.63, 3.8) is 0 Å². The molecular weight excluding hydrogens is 505 g/mol. The number of hydrogen-bond donors (Lipinski definition) is 1. The molecule has 1 aromatic carbocycles. The Bertz CT molecular complexity index is 724. The standard InChI is InChI=1S/C20H33N3O2S2.HI/c1-20(2,11-13-27(4,24)25)16-22-19(21-3)23-12-10-17(14-23)15-26-18-8-6-5-7-9-18;/h5-9,17H,10-16H2,1-4H3,(H,21,22);1H. The molecule has 0 bridgehead atoms. The molecule has 0 amide bonds. The van der Waals surface area contributed by atoms with Gasteiger partial charge in [0.15, 0.2) is 5.96 Å². The maximum Gasteiger partial charge on any atom is 0.193 e. The number of guanidine groups is 1. The highest BCUT2D eigenvalue weighted by Crippen LogP contribution is 2.26. The molecule has 1 heterocycles. The highest BCUT2D eigenvalue weighted by atomic mass is 127.